The van der Waals surface area contributed by atoms with Gasteiger partial charge in [0.1, 0.15) is 12.6 Å². The average Bonchev–Trinajstić information content (AvgIpc) is 3.33. The molecule has 1 N–H and O–H groups in total. The van der Waals surface area contributed by atoms with Gasteiger partial charge in [0.25, 0.3) is 22.0 Å². The Bertz CT molecular complexity index is 1260. The van der Waals surface area contributed by atoms with Crippen LogP contribution in [0, 0.1) is 0 Å². The number of halogens is 1. The molecule has 0 radical (unpaired) electrons. The van der Waals surface area contributed by atoms with Crippen LogP contribution in [0.2, 0.25) is 5.02 Å². The normalized spacial score (nSPS) is 26.7. The summed E-state index contributed by atoms with van der Waals surface area (Å²) in [6, 6.07) is 4.05. The van der Waals surface area contributed by atoms with Crippen molar-refractivity contribution >= 4 is 39.7 Å². The summed E-state index contributed by atoms with van der Waals surface area (Å²) in [6.45, 7) is 1.12. The van der Waals surface area contributed by atoms with E-state index < -0.39 is 46.6 Å². The zero-order valence-corrected chi connectivity index (χ0v) is 25.6. The maximum Gasteiger partial charge on any atom is 0.410 e. The number of carbonyl (C=O) groups excluding carboxylic acids is 3. The zero-order chi connectivity index (χ0) is 30.6. The van der Waals surface area contributed by atoms with Gasteiger partial charge in [-0.25, -0.2) is 15.1 Å². The third-order valence-electron chi connectivity index (χ3n) is 8.27. The Morgan fingerprint density at radius 2 is 1.77 bits per heavy atom. The van der Waals surface area contributed by atoms with Gasteiger partial charge in [0.2, 0.25) is 0 Å². The highest BCUT2D eigenvalue weighted by molar-refractivity contribution is 7.86. The highest BCUT2D eigenvalue weighted by Crippen LogP contribution is 2.37. The Labute approximate surface area is 256 Å². The number of carbonyl (C=O) groups is 3. The number of hydroxylamine groups is 1. The standard InChI is InChI=1S/C27H38ClN5O9S/c1-39-16-17-41-27(36)33-21-9-10-22(33)24(25(34)29-42-23-4-2-3-15-40-23)32(18-21)43(37,38)31-13-11-30(12-14-31)26(35)19-5-7-20(28)8-6-19/h5-8,21-24H,2-4,9-18H2,1H3,(H,29,34)/t21-,22+,23?,24-/m1/s1. The summed E-state index contributed by atoms with van der Waals surface area (Å²) in [5.41, 5.74) is 2.88. The molecular weight excluding hydrogens is 606 g/mol. The van der Waals surface area contributed by atoms with Crippen molar-refractivity contribution in [2.75, 3.05) is 59.7 Å². The number of benzene rings is 1. The Kier molecular flexibility index (Phi) is 10.4. The zero-order valence-electron chi connectivity index (χ0n) is 24.1. The topological polar surface area (TPSA) is 147 Å². The fraction of sp³-hybridized carbons (Fsp3) is 0.667. The molecule has 1 aromatic rings. The molecule has 14 nitrogen and oxygen atoms in total. The lowest BCUT2D eigenvalue weighted by atomic mass is 10.1. The number of piperazine rings is 2. The first-order chi connectivity index (χ1) is 20.7. The number of hydrogen-bond acceptors (Lipinski definition) is 9. The minimum atomic E-state index is -4.17. The molecule has 4 saturated heterocycles. The van der Waals surface area contributed by atoms with Gasteiger partial charge in [-0.15, -0.1) is 0 Å². The molecule has 0 saturated carbocycles. The van der Waals surface area contributed by atoms with Gasteiger partial charge in [0.05, 0.1) is 12.6 Å². The first kappa shape index (κ1) is 31.9. The molecule has 5 rings (SSSR count). The molecule has 1 aromatic carbocycles. The van der Waals surface area contributed by atoms with E-state index in [1.54, 1.807) is 29.2 Å². The molecule has 4 heterocycles. The van der Waals surface area contributed by atoms with Crippen LogP contribution in [0.4, 0.5) is 4.79 Å². The van der Waals surface area contributed by atoms with Crippen LogP contribution in [0.5, 0.6) is 0 Å². The number of amides is 3. The summed E-state index contributed by atoms with van der Waals surface area (Å²) in [7, 11) is -2.68. The fourth-order valence-corrected chi connectivity index (χ4v) is 7.99. The first-order valence-electron chi connectivity index (χ1n) is 14.5. The Balaban J connectivity index is 1.31. The number of nitrogens with one attached hydrogen (secondary N) is 1. The number of hydrogen-bond donors (Lipinski definition) is 1. The molecule has 0 spiro atoms. The second-order valence-electron chi connectivity index (χ2n) is 10.9. The van der Waals surface area contributed by atoms with Crippen molar-refractivity contribution in [2.24, 2.45) is 0 Å². The summed E-state index contributed by atoms with van der Waals surface area (Å²) < 4.78 is 46.5. The van der Waals surface area contributed by atoms with Crippen LogP contribution in [0.15, 0.2) is 24.3 Å². The Morgan fingerprint density at radius 1 is 1.02 bits per heavy atom. The van der Waals surface area contributed by atoms with Crippen molar-refractivity contribution in [1.29, 1.82) is 0 Å². The van der Waals surface area contributed by atoms with Crippen LogP contribution in [0.3, 0.4) is 0 Å². The maximum atomic E-state index is 14.1. The van der Waals surface area contributed by atoms with E-state index in [1.807, 2.05) is 0 Å². The molecule has 4 aliphatic rings. The van der Waals surface area contributed by atoms with Gasteiger partial charge in [0, 0.05) is 69.5 Å². The molecule has 1 unspecified atom stereocenters. The van der Waals surface area contributed by atoms with E-state index in [0.717, 1.165) is 12.8 Å². The van der Waals surface area contributed by atoms with E-state index in [2.05, 4.69) is 5.48 Å². The maximum absolute atomic E-state index is 14.1. The predicted octanol–water partition coefficient (Wildman–Crippen LogP) is 1.22. The van der Waals surface area contributed by atoms with Crippen LogP contribution < -0.4 is 5.48 Å². The molecule has 2 bridgehead atoms. The van der Waals surface area contributed by atoms with Crippen LogP contribution in [-0.4, -0.2) is 129 Å². The van der Waals surface area contributed by atoms with Crippen LogP contribution >= 0.6 is 11.6 Å². The number of nitrogens with zero attached hydrogens (tertiary/aromatic N) is 4. The SMILES string of the molecule is COCCOC(=O)N1[C@@H]2CC[C@H]1[C@H](C(=O)NOC1CCCCO1)N(S(=O)(=O)N1CCN(C(=O)c3ccc(Cl)cc3)CC1)C2. The van der Waals surface area contributed by atoms with Gasteiger partial charge in [-0.1, -0.05) is 11.6 Å². The van der Waals surface area contributed by atoms with Gasteiger partial charge in [0.15, 0.2) is 6.29 Å². The van der Waals surface area contributed by atoms with Gasteiger partial charge < -0.3 is 19.1 Å². The third-order valence-corrected chi connectivity index (χ3v) is 10.5. The molecule has 0 aliphatic carbocycles. The monoisotopic (exact) mass is 643 g/mol. The van der Waals surface area contributed by atoms with Gasteiger partial charge in [-0.05, 0) is 49.9 Å². The van der Waals surface area contributed by atoms with E-state index in [0.29, 0.717) is 36.5 Å². The number of fused-ring (bicyclic) bond motifs is 2. The van der Waals surface area contributed by atoms with Crippen LogP contribution in [-0.2, 0) is 34.1 Å². The molecule has 16 heteroatoms. The minimum absolute atomic E-state index is 0.0330. The van der Waals surface area contributed by atoms with Crippen molar-refractivity contribution in [3.05, 3.63) is 34.9 Å². The molecule has 0 aromatic heterocycles. The molecule has 4 atom stereocenters. The van der Waals surface area contributed by atoms with Gasteiger partial charge in [-0.2, -0.15) is 17.0 Å². The lowest BCUT2D eigenvalue weighted by Crippen LogP contribution is -2.69. The summed E-state index contributed by atoms with van der Waals surface area (Å²) in [6.07, 6.45) is 2.03. The highest BCUT2D eigenvalue weighted by atomic mass is 35.5. The number of rotatable bonds is 9. The second kappa shape index (κ2) is 14.1. The van der Waals surface area contributed by atoms with Crippen molar-refractivity contribution in [3.8, 4) is 0 Å². The third kappa shape index (κ3) is 7.08. The van der Waals surface area contributed by atoms with Crippen LogP contribution in [0.25, 0.3) is 0 Å². The van der Waals surface area contributed by atoms with Crippen molar-refractivity contribution in [3.63, 3.8) is 0 Å². The summed E-state index contributed by atoms with van der Waals surface area (Å²) in [5, 5.41) is 0.514. The quantitative estimate of drug-likeness (QED) is 0.310. The summed E-state index contributed by atoms with van der Waals surface area (Å²) in [5.74, 6) is -0.902. The molecule has 238 valence electrons. The number of methoxy groups -OCH3 is 1. The fourth-order valence-electron chi connectivity index (χ4n) is 6.06. The van der Waals surface area contributed by atoms with Crippen molar-refractivity contribution < 1.29 is 41.8 Å². The Morgan fingerprint density at radius 3 is 2.44 bits per heavy atom. The van der Waals surface area contributed by atoms with E-state index in [-0.39, 0.29) is 51.8 Å². The molecular formula is C27H38ClN5O9S. The van der Waals surface area contributed by atoms with Gasteiger partial charge >= 0.3 is 6.09 Å². The minimum Gasteiger partial charge on any atom is -0.447 e. The average molecular weight is 644 g/mol. The van der Waals surface area contributed by atoms with Crippen molar-refractivity contribution in [1.82, 2.24) is 23.9 Å². The summed E-state index contributed by atoms with van der Waals surface area (Å²) in [4.78, 5) is 48.2. The van der Waals surface area contributed by atoms with E-state index in [9.17, 15) is 22.8 Å². The molecule has 4 fully saturated rings. The lowest BCUT2D eigenvalue weighted by Gasteiger charge is -2.46. The van der Waals surface area contributed by atoms with Crippen molar-refractivity contribution in [2.45, 2.75) is 56.5 Å². The number of ether oxygens (including phenoxy) is 3. The lowest BCUT2D eigenvalue weighted by molar-refractivity contribution is -0.203. The van der Waals surface area contributed by atoms with Crippen LogP contribution in [0.1, 0.15) is 42.5 Å². The second-order valence-corrected chi connectivity index (χ2v) is 13.2. The van der Waals surface area contributed by atoms with E-state index in [4.69, 9.17) is 30.6 Å². The predicted molar refractivity (Wildman–Crippen MR) is 153 cm³/mol. The largest absolute Gasteiger partial charge is 0.447 e. The smallest absolute Gasteiger partial charge is 0.410 e. The molecule has 3 amide bonds. The van der Waals surface area contributed by atoms with Gasteiger partial charge in [-0.3, -0.25) is 14.5 Å². The van der Waals surface area contributed by atoms with E-state index in [1.165, 1.54) is 20.6 Å². The molecule has 43 heavy (non-hydrogen) atoms. The first-order valence-corrected chi connectivity index (χ1v) is 16.3. The Hall–Kier alpha value is -2.53. The highest BCUT2D eigenvalue weighted by Gasteiger charge is 2.56. The summed E-state index contributed by atoms with van der Waals surface area (Å²) >= 11 is 5.94. The molecule has 4 aliphatic heterocycles. The van der Waals surface area contributed by atoms with E-state index >= 15 is 0 Å².